The molecule has 0 fully saturated rings. The van der Waals surface area contributed by atoms with Crippen LogP contribution in [0.2, 0.25) is 0 Å². The third kappa shape index (κ3) is 3.91. The second-order valence-electron chi connectivity index (χ2n) is 4.45. The normalized spacial score (nSPS) is 12.5. The number of fused-ring (bicyclic) bond motifs is 1. The van der Waals surface area contributed by atoms with E-state index in [1.165, 1.54) is 0 Å². The van der Waals surface area contributed by atoms with Gasteiger partial charge in [0.2, 0.25) is 0 Å². The summed E-state index contributed by atoms with van der Waals surface area (Å²) in [5.74, 6) is 0.881. The number of rotatable bonds is 7. The summed E-state index contributed by atoms with van der Waals surface area (Å²) in [7, 11) is 1.70. The van der Waals surface area contributed by atoms with Gasteiger partial charge in [0, 0.05) is 31.8 Å². The SMILES string of the molecule is COCCNCC(C)Oc1cccc2ncccc12. The van der Waals surface area contributed by atoms with Crippen molar-refractivity contribution in [2.75, 3.05) is 26.8 Å². The number of ether oxygens (including phenoxy) is 2. The monoisotopic (exact) mass is 260 g/mol. The van der Waals surface area contributed by atoms with Gasteiger partial charge in [-0.2, -0.15) is 0 Å². The van der Waals surface area contributed by atoms with Crippen LogP contribution in [-0.4, -0.2) is 37.9 Å². The Labute approximate surface area is 113 Å². The molecule has 0 aliphatic carbocycles. The van der Waals surface area contributed by atoms with Gasteiger partial charge in [-0.05, 0) is 31.2 Å². The molecule has 0 radical (unpaired) electrons. The molecule has 1 aromatic heterocycles. The van der Waals surface area contributed by atoms with E-state index in [0.29, 0.717) is 6.61 Å². The molecule has 1 aromatic carbocycles. The van der Waals surface area contributed by atoms with Crippen molar-refractivity contribution in [3.8, 4) is 5.75 Å². The number of aromatic nitrogens is 1. The number of nitrogens with one attached hydrogen (secondary N) is 1. The maximum absolute atomic E-state index is 5.96. The molecule has 1 N–H and O–H groups in total. The van der Waals surface area contributed by atoms with Crippen molar-refractivity contribution in [1.82, 2.24) is 10.3 Å². The van der Waals surface area contributed by atoms with Gasteiger partial charge in [-0.15, -0.1) is 0 Å². The van der Waals surface area contributed by atoms with Crippen LogP contribution in [0.4, 0.5) is 0 Å². The highest BCUT2D eigenvalue weighted by atomic mass is 16.5. The van der Waals surface area contributed by atoms with Gasteiger partial charge in [-0.25, -0.2) is 0 Å². The first kappa shape index (κ1) is 13.8. The minimum Gasteiger partial charge on any atom is -0.489 e. The highest BCUT2D eigenvalue weighted by Crippen LogP contribution is 2.24. The van der Waals surface area contributed by atoms with Crippen molar-refractivity contribution in [3.63, 3.8) is 0 Å². The second-order valence-corrected chi connectivity index (χ2v) is 4.45. The van der Waals surface area contributed by atoms with E-state index in [-0.39, 0.29) is 6.10 Å². The van der Waals surface area contributed by atoms with Crippen LogP contribution in [-0.2, 0) is 4.74 Å². The Morgan fingerprint density at radius 2 is 2.16 bits per heavy atom. The zero-order chi connectivity index (χ0) is 13.5. The molecule has 0 spiro atoms. The molecule has 0 aliphatic heterocycles. The number of pyridine rings is 1. The molecule has 0 bridgehead atoms. The summed E-state index contributed by atoms with van der Waals surface area (Å²) in [6.45, 7) is 4.39. The summed E-state index contributed by atoms with van der Waals surface area (Å²) in [6, 6.07) is 9.90. The van der Waals surface area contributed by atoms with Gasteiger partial charge in [-0.1, -0.05) is 6.07 Å². The van der Waals surface area contributed by atoms with E-state index < -0.39 is 0 Å². The fourth-order valence-corrected chi connectivity index (χ4v) is 1.92. The molecule has 1 atom stereocenters. The van der Waals surface area contributed by atoms with E-state index in [1.807, 2.05) is 30.3 Å². The molecule has 2 aromatic rings. The van der Waals surface area contributed by atoms with Crippen molar-refractivity contribution in [2.24, 2.45) is 0 Å². The molecule has 4 heteroatoms. The quantitative estimate of drug-likeness (QED) is 0.775. The summed E-state index contributed by atoms with van der Waals surface area (Å²) in [5.41, 5.74) is 0.958. The maximum Gasteiger partial charge on any atom is 0.129 e. The molecular formula is C15H20N2O2. The first-order valence-electron chi connectivity index (χ1n) is 6.51. The molecule has 1 unspecified atom stereocenters. The molecule has 4 nitrogen and oxygen atoms in total. The number of hydrogen-bond acceptors (Lipinski definition) is 4. The molecule has 0 aliphatic rings. The van der Waals surface area contributed by atoms with Crippen LogP contribution in [0.15, 0.2) is 36.5 Å². The zero-order valence-electron chi connectivity index (χ0n) is 11.4. The summed E-state index contributed by atoms with van der Waals surface area (Å²) in [5, 5.41) is 4.34. The number of methoxy groups -OCH3 is 1. The van der Waals surface area contributed by atoms with E-state index in [0.717, 1.165) is 29.7 Å². The van der Waals surface area contributed by atoms with Gasteiger partial charge in [0.25, 0.3) is 0 Å². The minimum atomic E-state index is 0.0997. The fourth-order valence-electron chi connectivity index (χ4n) is 1.92. The Morgan fingerprint density at radius 1 is 1.26 bits per heavy atom. The van der Waals surface area contributed by atoms with E-state index >= 15 is 0 Å². The average Bonchev–Trinajstić information content (AvgIpc) is 2.44. The van der Waals surface area contributed by atoms with Crippen LogP contribution >= 0.6 is 0 Å². The average molecular weight is 260 g/mol. The van der Waals surface area contributed by atoms with Crippen LogP contribution in [0, 0.1) is 0 Å². The molecule has 19 heavy (non-hydrogen) atoms. The van der Waals surface area contributed by atoms with E-state index in [2.05, 4.69) is 17.2 Å². The maximum atomic E-state index is 5.96. The Kier molecular flexibility index (Phi) is 5.12. The standard InChI is InChI=1S/C15H20N2O2/c1-12(11-16-9-10-18-2)19-15-7-3-6-14-13(15)5-4-8-17-14/h3-8,12,16H,9-11H2,1-2H3. The fraction of sp³-hybridized carbons (Fsp3) is 0.400. The molecule has 0 saturated carbocycles. The largest absolute Gasteiger partial charge is 0.489 e. The predicted octanol–water partition coefficient (Wildman–Crippen LogP) is 2.24. The molecule has 1 heterocycles. The van der Waals surface area contributed by atoms with Gasteiger partial charge < -0.3 is 14.8 Å². The van der Waals surface area contributed by atoms with Crippen LogP contribution in [0.1, 0.15) is 6.92 Å². The Hall–Kier alpha value is -1.65. The summed E-state index contributed by atoms with van der Waals surface area (Å²) < 4.78 is 11.0. The lowest BCUT2D eigenvalue weighted by Gasteiger charge is -2.16. The van der Waals surface area contributed by atoms with Gasteiger partial charge in [0.15, 0.2) is 0 Å². The lowest BCUT2D eigenvalue weighted by atomic mass is 10.2. The number of nitrogens with zero attached hydrogens (tertiary/aromatic N) is 1. The lowest BCUT2D eigenvalue weighted by Crippen LogP contribution is -2.31. The molecule has 102 valence electrons. The van der Waals surface area contributed by atoms with Crippen molar-refractivity contribution in [1.29, 1.82) is 0 Å². The summed E-state index contributed by atoms with van der Waals surface area (Å²) >= 11 is 0. The van der Waals surface area contributed by atoms with Crippen molar-refractivity contribution >= 4 is 10.9 Å². The Bertz CT molecular complexity index is 511. The van der Waals surface area contributed by atoms with E-state index in [1.54, 1.807) is 13.3 Å². The van der Waals surface area contributed by atoms with Gasteiger partial charge in [-0.3, -0.25) is 4.98 Å². The molecule has 2 rings (SSSR count). The van der Waals surface area contributed by atoms with Gasteiger partial charge >= 0.3 is 0 Å². The van der Waals surface area contributed by atoms with Crippen LogP contribution in [0.3, 0.4) is 0 Å². The summed E-state index contributed by atoms with van der Waals surface area (Å²) in [6.07, 6.45) is 1.89. The van der Waals surface area contributed by atoms with Crippen LogP contribution < -0.4 is 10.1 Å². The minimum absolute atomic E-state index is 0.0997. The van der Waals surface area contributed by atoms with Gasteiger partial charge in [0.05, 0.1) is 12.1 Å². The van der Waals surface area contributed by atoms with E-state index in [9.17, 15) is 0 Å². The van der Waals surface area contributed by atoms with Crippen molar-refractivity contribution < 1.29 is 9.47 Å². The molecular weight excluding hydrogens is 240 g/mol. The third-order valence-electron chi connectivity index (χ3n) is 2.85. The van der Waals surface area contributed by atoms with Crippen molar-refractivity contribution in [2.45, 2.75) is 13.0 Å². The topological polar surface area (TPSA) is 43.4 Å². The van der Waals surface area contributed by atoms with Crippen LogP contribution in [0.25, 0.3) is 10.9 Å². The first-order chi connectivity index (χ1) is 9.31. The van der Waals surface area contributed by atoms with Gasteiger partial charge in [0.1, 0.15) is 11.9 Å². The molecule has 0 amide bonds. The predicted molar refractivity (Wildman–Crippen MR) is 76.6 cm³/mol. The third-order valence-corrected chi connectivity index (χ3v) is 2.85. The van der Waals surface area contributed by atoms with Crippen LogP contribution in [0.5, 0.6) is 5.75 Å². The smallest absolute Gasteiger partial charge is 0.129 e. The second kappa shape index (κ2) is 7.07. The van der Waals surface area contributed by atoms with Crippen molar-refractivity contribution in [3.05, 3.63) is 36.5 Å². The Balaban J connectivity index is 1.97. The highest BCUT2D eigenvalue weighted by Gasteiger charge is 2.07. The Morgan fingerprint density at radius 3 is 3.00 bits per heavy atom. The number of hydrogen-bond donors (Lipinski definition) is 1. The number of benzene rings is 1. The lowest BCUT2D eigenvalue weighted by molar-refractivity contribution is 0.185. The first-order valence-corrected chi connectivity index (χ1v) is 6.51. The highest BCUT2D eigenvalue weighted by molar-refractivity contribution is 5.84. The zero-order valence-corrected chi connectivity index (χ0v) is 11.4. The summed E-state index contributed by atoms with van der Waals surface area (Å²) in [4.78, 5) is 4.32. The van der Waals surface area contributed by atoms with E-state index in [4.69, 9.17) is 9.47 Å². The molecule has 0 saturated heterocycles.